The van der Waals surface area contributed by atoms with Crippen LogP contribution in [0.25, 0.3) is 5.82 Å². The van der Waals surface area contributed by atoms with Crippen LogP contribution in [0.4, 0.5) is 13.2 Å². The van der Waals surface area contributed by atoms with Crippen molar-refractivity contribution in [3.8, 4) is 5.82 Å². The predicted octanol–water partition coefficient (Wildman–Crippen LogP) is 1.09. The Balaban J connectivity index is 2.41. The number of carbonyl (C=O) groups is 1. The lowest BCUT2D eigenvalue weighted by atomic mass is 10.2. The van der Waals surface area contributed by atoms with Gasteiger partial charge in [-0.05, 0) is 19.1 Å². The molecule has 0 aliphatic heterocycles. The van der Waals surface area contributed by atoms with Gasteiger partial charge >= 0.3 is 6.18 Å². The SMILES string of the molecule is Cc1c(C(N)=O)nnn1-c1ccc(C(F)(F)F)cn1. The molecular weight excluding hydrogens is 263 g/mol. The van der Waals surface area contributed by atoms with Crippen molar-refractivity contribution < 1.29 is 18.0 Å². The quantitative estimate of drug-likeness (QED) is 0.885. The maximum Gasteiger partial charge on any atom is 0.417 e. The van der Waals surface area contributed by atoms with E-state index < -0.39 is 17.6 Å². The number of rotatable bonds is 2. The predicted molar refractivity (Wildman–Crippen MR) is 57.4 cm³/mol. The van der Waals surface area contributed by atoms with Gasteiger partial charge < -0.3 is 5.73 Å². The smallest absolute Gasteiger partial charge is 0.364 e. The van der Waals surface area contributed by atoms with E-state index in [1.807, 2.05) is 0 Å². The van der Waals surface area contributed by atoms with E-state index in [1.54, 1.807) is 0 Å². The molecule has 0 aliphatic rings. The third-order valence-corrected chi connectivity index (χ3v) is 2.42. The fourth-order valence-corrected chi connectivity index (χ4v) is 1.45. The van der Waals surface area contributed by atoms with Crippen molar-refractivity contribution in [2.24, 2.45) is 5.73 Å². The molecule has 0 aromatic carbocycles. The molecule has 0 saturated heterocycles. The summed E-state index contributed by atoms with van der Waals surface area (Å²) in [6, 6.07) is 2.00. The molecule has 0 aliphatic carbocycles. The number of aromatic nitrogens is 4. The summed E-state index contributed by atoms with van der Waals surface area (Å²) < 4.78 is 38.3. The summed E-state index contributed by atoms with van der Waals surface area (Å²) in [5, 5.41) is 7.16. The molecule has 0 atom stereocenters. The van der Waals surface area contributed by atoms with Gasteiger partial charge in [0.1, 0.15) is 0 Å². The second-order valence-electron chi connectivity index (χ2n) is 3.70. The van der Waals surface area contributed by atoms with E-state index in [0.29, 0.717) is 11.9 Å². The van der Waals surface area contributed by atoms with Crippen LogP contribution in [0.2, 0.25) is 0 Å². The van der Waals surface area contributed by atoms with E-state index in [-0.39, 0.29) is 11.5 Å². The maximum atomic E-state index is 12.4. The molecule has 1 amide bonds. The van der Waals surface area contributed by atoms with Gasteiger partial charge in [0.2, 0.25) is 0 Å². The first kappa shape index (κ1) is 13.0. The van der Waals surface area contributed by atoms with Crippen LogP contribution in [0, 0.1) is 6.92 Å². The average Bonchev–Trinajstić information content (AvgIpc) is 2.70. The Morgan fingerprint density at radius 2 is 2.05 bits per heavy atom. The summed E-state index contributed by atoms with van der Waals surface area (Å²) in [4.78, 5) is 14.6. The highest BCUT2D eigenvalue weighted by Gasteiger charge is 2.30. The number of halogens is 3. The Morgan fingerprint density at radius 3 is 2.47 bits per heavy atom. The number of carbonyl (C=O) groups excluding carboxylic acids is 1. The molecule has 0 spiro atoms. The summed E-state index contributed by atoms with van der Waals surface area (Å²) >= 11 is 0. The molecule has 0 unspecified atom stereocenters. The van der Waals surface area contributed by atoms with Crippen LogP contribution in [0.15, 0.2) is 18.3 Å². The Bertz CT molecular complexity index is 617. The van der Waals surface area contributed by atoms with Crippen molar-refractivity contribution in [1.82, 2.24) is 20.0 Å². The Morgan fingerprint density at radius 1 is 1.37 bits per heavy atom. The zero-order chi connectivity index (χ0) is 14.2. The molecule has 0 fully saturated rings. The molecule has 19 heavy (non-hydrogen) atoms. The van der Waals surface area contributed by atoms with Crippen molar-refractivity contribution in [1.29, 1.82) is 0 Å². The summed E-state index contributed by atoms with van der Waals surface area (Å²) in [7, 11) is 0. The zero-order valence-electron chi connectivity index (χ0n) is 9.64. The Labute approximate surface area is 105 Å². The van der Waals surface area contributed by atoms with Crippen molar-refractivity contribution >= 4 is 5.91 Å². The van der Waals surface area contributed by atoms with Crippen LogP contribution < -0.4 is 5.73 Å². The van der Waals surface area contributed by atoms with E-state index in [1.165, 1.54) is 6.92 Å². The lowest BCUT2D eigenvalue weighted by Gasteiger charge is -2.07. The maximum absolute atomic E-state index is 12.4. The summed E-state index contributed by atoms with van der Waals surface area (Å²) in [5.41, 5.74) is 4.44. The molecule has 6 nitrogen and oxygen atoms in total. The second-order valence-corrected chi connectivity index (χ2v) is 3.70. The van der Waals surface area contributed by atoms with Gasteiger partial charge in [0.05, 0.1) is 11.3 Å². The molecule has 2 aromatic heterocycles. The van der Waals surface area contributed by atoms with Crippen LogP contribution in [0.1, 0.15) is 21.7 Å². The molecule has 9 heteroatoms. The molecule has 2 rings (SSSR count). The van der Waals surface area contributed by atoms with E-state index in [2.05, 4.69) is 15.3 Å². The number of amides is 1. The van der Waals surface area contributed by atoms with Gasteiger partial charge in [-0.25, -0.2) is 4.98 Å². The normalized spacial score (nSPS) is 11.6. The van der Waals surface area contributed by atoms with Gasteiger partial charge in [-0.15, -0.1) is 5.10 Å². The first-order chi connectivity index (χ1) is 8.80. The average molecular weight is 271 g/mol. The molecule has 2 aromatic rings. The number of primary amides is 1. The monoisotopic (exact) mass is 271 g/mol. The number of hydrogen-bond donors (Lipinski definition) is 1. The van der Waals surface area contributed by atoms with Gasteiger partial charge in [0.25, 0.3) is 5.91 Å². The highest BCUT2D eigenvalue weighted by Crippen LogP contribution is 2.28. The van der Waals surface area contributed by atoms with Crippen LogP contribution in [0.3, 0.4) is 0 Å². The lowest BCUT2D eigenvalue weighted by Crippen LogP contribution is -2.13. The van der Waals surface area contributed by atoms with Gasteiger partial charge in [0, 0.05) is 6.20 Å². The van der Waals surface area contributed by atoms with Crippen molar-refractivity contribution in [2.75, 3.05) is 0 Å². The number of hydrogen-bond acceptors (Lipinski definition) is 4. The fourth-order valence-electron chi connectivity index (χ4n) is 1.45. The highest BCUT2D eigenvalue weighted by molar-refractivity contribution is 5.91. The molecule has 0 radical (unpaired) electrons. The second kappa shape index (κ2) is 4.34. The Kier molecular flexibility index (Phi) is 2.97. The van der Waals surface area contributed by atoms with Crippen molar-refractivity contribution in [3.63, 3.8) is 0 Å². The minimum absolute atomic E-state index is 0.0540. The summed E-state index contributed by atoms with van der Waals surface area (Å²) in [6.07, 6.45) is -3.78. The minimum Gasteiger partial charge on any atom is -0.364 e. The number of alkyl halides is 3. The molecular formula is C10H8F3N5O. The van der Waals surface area contributed by atoms with Gasteiger partial charge in [-0.3, -0.25) is 4.79 Å². The van der Waals surface area contributed by atoms with E-state index in [9.17, 15) is 18.0 Å². The number of pyridine rings is 1. The van der Waals surface area contributed by atoms with Gasteiger partial charge in [0.15, 0.2) is 11.5 Å². The lowest BCUT2D eigenvalue weighted by molar-refractivity contribution is -0.137. The topological polar surface area (TPSA) is 86.7 Å². The number of nitrogens with zero attached hydrogens (tertiary/aromatic N) is 4. The van der Waals surface area contributed by atoms with E-state index >= 15 is 0 Å². The first-order valence-electron chi connectivity index (χ1n) is 5.06. The minimum atomic E-state index is -4.46. The molecule has 0 bridgehead atoms. The molecule has 100 valence electrons. The van der Waals surface area contributed by atoms with Crippen LogP contribution in [-0.2, 0) is 6.18 Å². The number of nitrogens with two attached hydrogens (primary N) is 1. The van der Waals surface area contributed by atoms with Gasteiger partial charge in [-0.2, -0.15) is 17.9 Å². The first-order valence-corrected chi connectivity index (χ1v) is 5.06. The van der Waals surface area contributed by atoms with Crippen molar-refractivity contribution in [2.45, 2.75) is 13.1 Å². The standard InChI is InChI=1S/C10H8F3N5O/c1-5-8(9(14)19)16-17-18(5)7-3-2-6(4-15-7)10(11,12)13/h2-4H,1H3,(H2,14,19). The van der Waals surface area contributed by atoms with Gasteiger partial charge in [-0.1, -0.05) is 5.21 Å². The van der Waals surface area contributed by atoms with Crippen LogP contribution in [0.5, 0.6) is 0 Å². The fraction of sp³-hybridized carbons (Fsp3) is 0.200. The van der Waals surface area contributed by atoms with E-state index in [4.69, 9.17) is 5.73 Å². The third-order valence-electron chi connectivity index (χ3n) is 2.42. The summed E-state index contributed by atoms with van der Waals surface area (Å²) in [6.45, 7) is 1.51. The van der Waals surface area contributed by atoms with E-state index in [0.717, 1.165) is 16.8 Å². The molecule has 2 heterocycles. The molecule has 0 saturated carbocycles. The van der Waals surface area contributed by atoms with Crippen LogP contribution >= 0.6 is 0 Å². The van der Waals surface area contributed by atoms with Crippen molar-refractivity contribution in [3.05, 3.63) is 35.3 Å². The third kappa shape index (κ3) is 2.39. The molecule has 2 N–H and O–H groups in total. The highest BCUT2D eigenvalue weighted by atomic mass is 19.4. The Hall–Kier alpha value is -2.45. The zero-order valence-corrected chi connectivity index (χ0v) is 9.64. The largest absolute Gasteiger partial charge is 0.417 e. The summed E-state index contributed by atoms with van der Waals surface area (Å²) in [5.74, 6) is -0.652. The van der Waals surface area contributed by atoms with Crippen LogP contribution in [-0.4, -0.2) is 25.9 Å².